The quantitative estimate of drug-likeness (QED) is 0.669. The van der Waals surface area contributed by atoms with Crippen LogP contribution in [0.15, 0.2) is 12.3 Å². The summed E-state index contributed by atoms with van der Waals surface area (Å²) >= 11 is 0. The molecule has 2 N–H and O–H groups in total. The van der Waals surface area contributed by atoms with E-state index in [0.29, 0.717) is 12.4 Å². The van der Waals surface area contributed by atoms with E-state index in [-0.39, 0.29) is 12.4 Å². The first-order chi connectivity index (χ1) is 6.64. The monoisotopic (exact) mass is 219 g/mol. The lowest BCUT2D eigenvalue weighted by Crippen LogP contribution is -2.20. The van der Waals surface area contributed by atoms with Gasteiger partial charge in [-0.1, -0.05) is 0 Å². The fourth-order valence-electron chi connectivity index (χ4n) is 0.844. The molecule has 0 radical (unpaired) electrons. The van der Waals surface area contributed by atoms with E-state index in [1.807, 2.05) is 6.92 Å². The minimum Gasteiger partial charge on any atom is -0.381 e. The zero-order valence-electron chi connectivity index (χ0n) is 7.86. The molecule has 14 heavy (non-hydrogen) atoms. The van der Waals surface area contributed by atoms with E-state index >= 15 is 0 Å². The topological polar surface area (TPSA) is 84.1 Å². The smallest absolute Gasteiger partial charge is 0.236 e. The third kappa shape index (κ3) is 3.75. The molecule has 0 aromatic carbocycles. The second kappa shape index (κ2) is 4.97. The molecule has 0 aliphatic heterocycles. The molecule has 0 atom stereocenters. The Hall–Kier alpha value is -1.08. The fourth-order valence-corrected chi connectivity index (χ4v) is 1.73. The highest BCUT2D eigenvalue weighted by Crippen LogP contribution is 2.02. The molecular formula is C7H13N3O3S. The number of ether oxygens (including phenoxy) is 1. The van der Waals surface area contributed by atoms with E-state index < -0.39 is 10.0 Å². The second-order valence-electron chi connectivity index (χ2n) is 2.59. The summed E-state index contributed by atoms with van der Waals surface area (Å²) in [6, 6.07) is 1.54. The number of aromatic nitrogens is 2. The molecule has 1 aromatic rings. The van der Waals surface area contributed by atoms with Crippen molar-refractivity contribution in [3.05, 3.63) is 12.3 Å². The van der Waals surface area contributed by atoms with Gasteiger partial charge in [-0.05, 0) is 6.92 Å². The highest BCUT2D eigenvalue weighted by atomic mass is 32.2. The van der Waals surface area contributed by atoms with Gasteiger partial charge in [0.2, 0.25) is 10.0 Å². The van der Waals surface area contributed by atoms with Crippen LogP contribution in [0.1, 0.15) is 6.92 Å². The normalized spacial score (nSPS) is 11.5. The highest BCUT2D eigenvalue weighted by molar-refractivity contribution is 7.92. The van der Waals surface area contributed by atoms with Crippen LogP contribution < -0.4 is 4.72 Å². The molecule has 0 amide bonds. The van der Waals surface area contributed by atoms with E-state index in [2.05, 4.69) is 14.9 Å². The zero-order chi connectivity index (χ0) is 10.4. The first kappa shape index (κ1) is 11.0. The number of rotatable bonds is 6. The summed E-state index contributed by atoms with van der Waals surface area (Å²) in [5.41, 5.74) is 0. The van der Waals surface area contributed by atoms with Crippen LogP contribution >= 0.6 is 0 Å². The SMILES string of the molecule is CCOCCS(=O)(=O)Nc1ccn[nH]1. The Balaban J connectivity index is 2.42. The lowest BCUT2D eigenvalue weighted by atomic mass is 10.7. The number of anilines is 1. The molecule has 1 rings (SSSR count). The predicted octanol–water partition coefficient (Wildman–Crippen LogP) is 0.188. The first-order valence-electron chi connectivity index (χ1n) is 4.21. The van der Waals surface area contributed by atoms with Crippen molar-refractivity contribution in [3.8, 4) is 0 Å². The summed E-state index contributed by atoms with van der Waals surface area (Å²) in [5, 5.41) is 6.12. The molecule has 0 aliphatic carbocycles. The Kier molecular flexibility index (Phi) is 3.90. The highest BCUT2D eigenvalue weighted by Gasteiger charge is 2.10. The zero-order valence-corrected chi connectivity index (χ0v) is 8.67. The van der Waals surface area contributed by atoms with E-state index in [1.54, 1.807) is 0 Å². The Morgan fingerprint density at radius 3 is 3.00 bits per heavy atom. The minimum atomic E-state index is -3.32. The van der Waals surface area contributed by atoms with Crippen LogP contribution in [0, 0.1) is 0 Å². The standard InChI is InChI=1S/C7H13N3O3S/c1-2-13-5-6-14(11,12)10-7-3-4-8-9-7/h3-4H,2,5-6H2,1H3,(H2,8,9,10). The van der Waals surface area contributed by atoms with Crippen LogP contribution in [0.2, 0.25) is 0 Å². The van der Waals surface area contributed by atoms with Crippen molar-refractivity contribution in [2.75, 3.05) is 23.7 Å². The summed E-state index contributed by atoms with van der Waals surface area (Å²) in [6.07, 6.45) is 1.47. The third-order valence-corrected chi connectivity index (χ3v) is 2.70. The number of hydrogen-bond acceptors (Lipinski definition) is 4. The van der Waals surface area contributed by atoms with Crippen molar-refractivity contribution in [1.82, 2.24) is 10.2 Å². The molecule has 0 aliphatic rings. The van der Waals surface area contributed by atoms with Gasteiger partial charge in [-0.2, -0.15) is 5.10 Å². The van der Waals surface area contributed by atoms with Crippen LogP contribution in [-0.4, -0.2) is 37.6 Å². The Bertz CT molecular complexity index is 346. The van der Waals surface area contributed by atoms with Crippen LogP contribution in [0.3, 0.4) is 0 Å². The van der Waals surface area contributed by atoms with Gasteiger partial charge in [0.25, 0.3) is 0 Å². The summed E-state index contributed by atoms with van der Waals surface area (Å²) in [4.78, 5) is 0. The average Bonchev–Trinajstić information content (AvgIpc) is 2.56. The van der Waals surface area contributed by atoms with Crippen LogP contribution in [-0.2, 0) is 14.8 Å². The van der Waals surface area contributed by atoms with Gasteiger partial charge in [-0.3, -0.25) is 9.82 Å². The van der Waals surface area contributed by atoms with Gasteiger partial charge in [0.1, 0.15) is 5.82 Å². The number of hydrogen-bond donors (Lipinski definition) is 2. The predicted molar refractivity (Wildman–Crippen MR) is 52.5 cm³/mol. The molecule has 7 heteroatoms. The van der Waals surface area contributed by atoms with E-state index in [4.69, 9.17) is 4.74 Å². The summed E-state index contributed by atoms with van der Waals surface area (Å²) < 4.78 is 29.9. The summed E-state index contributed by atoms with van der Waals surface area (Å²) in [7, 11) is -3.32. The molecule has 0 unspecified atom stereocenters. The lowest BCUT2D eigenvalue weighted by Gasteiger charge is -2.05. The molecule has 0 bridgehead atoms. The fraction of sp³-hybridized carbons (Fsp3) is 0.571. The van der Waals surface area contributed by atoms with Crippen molar-refractivity contribution in [3.63, 3.8) is 0 Å². The third-order valence-electron chi connectivity index (χ3n) is 1.47. The van der Waals surface area contributed by atoms with Gasteiger partial charge in [-0.15, -0.1) is 0 Å². The number of H-pyrrole nitrogens is 1. The van der Waals surface area contributed by atoms with Crippen LogP contribution in [0.5, 0.6) is 0 Å². The molecule has 6 nitrogen and oxygen atoms in total. The molecule has 1 aromatic heterocycles. The van der Waals surface area contributed by atoms with Gasteiger partial charge >= 0.3 is 0 Å². The Labute approximate surface area is 82.7 Å². The Morgan fingerprint density at radius 1 is 1.64 bits per heavy atom. The minimum absolute atomic E-state index is 0.0557. The van der Waals surface area contributed by atoms with Crippen molar-refractivity contribution in [2.24, 2.45) is 0 Å². The molecule has 1 heterocycles. The maximum Gasteiger partial charge on any atom is 0.236 e. The maximum absolute atomic E-state index is 11.3. The van der Waals surface area contributed by atoms with Gasteiger partial charge in [0.05, 0.1) is 18.6 Å². The van der Waals surface area contributed by atoms with E-state index in [1.165, 1.54) is 12.3 Å². The van der Waals surface area contributed by atoms with Crippen molar-refractivity contribution < 1.29 is 13.2 Å². The largest absolute Gasteiger partial charge is 0.381 e. The summed E-state index contributed by atoms with van der Waals surface area (Å²) in [6.45, 7) is 2.52. The molecule has 0 saturated heterocycles. The lowest BCUT2D eigenvalue weighted by molar-refractivity contribution is 0.163. The van der Waals surface area contributed by atoms with Crippen molar-refractivity contribution in [2.45, 2.75) is 6.92 Å². The van der Waals surface area contributed by atoms with E-state index in [9.17, 15) is 8.42 Å². The summed E-state index contributed by atoms with van der Waals surface area (Å²) in [5.74, 6) is 0.307. The van der Waals surface area contributed by atoms with Gasteiger partial charge in [-0.25, -0.2) is 8.42 Å². The van der Waals surface area contributed by atoms with Gasteiger partial charge in [0, 0.05) is 12.7 Å². The number of nitrogens with one attached hydrogen (secondary N) is 2. The van der Waals surface area contributed by atoms with Crippen LogP contribution in [0.25, 0.3) is 0 Å². The first-order valence-corrected chi connectivity index (χ1v) is 5.87. The molecule has 0 spiro atoms. The maximum atomic E-state index is 11.3. The molecular weight excluding hydrogens is 206 g/mol. The van der Waals surface area contributed by atoms with E-state index in [0.717, 1.165) is 0 Å². The number of sulfonamides is 1. The number of aromatic amines is 1. The average molecular weight is 219 g/mol. The van der Waals surface area contributed by atoms with Gasteiger partial charge in [0.15, 0.2) is 0 Å². The molecule has 0 saturated carbocycles. The Morgan fingerprint density at radius 2 is 2.43 bits per heavy atom. The van der Waals surface area contributed by atoms with Crippen LogP contribution in [0.4, 0.5) is 5.82 Å². The van der Waals surface area contributed by atoms with Crippen molar-refractivity contribution >= 4 is 15.8 Å². The molecule has 0 fully saturated rings. The second-order valence-corrected chi connectivity index (χ2v) is 4.43. The molecule has 80 valence electrons. The number of nitrogens with zero attached hydrogens (tertiary/aromatic N) is 1. The van der Waals surface area contributed by atoms with Crippen molar-refractivity contribution in [1.29, 1.82) is 0 Å². The van der Waals surface area contributed by atoms with Gasteiger partial charge < -0.3 is 4.74 Å².